The molecule has 2 aromatic carbocycles. The summed E-state index contributed by atoms with van der Waals surface area (Å²) in [7, 11) is 0. The molecule has 3 nitrogen and oxygen atoms in total. The first kappa shape index (κ1) is 11.4. The van der Waals surface area contributed by atoms with Crippen LogP contribution in [0.2, 0.25) is 0 Å². The lowest BCUT2D eigenvalue weighted by atomic mass is 10.2. The third-order valence-electron chi connectivity index (χ3n) is 3.59. The SMILES string of the molecule is c1ccc(-c2nc(-c3ccccc3)n(C3CC3)n2)cc1. The molecule has 0 spiro atoms. The molecule has 1 heterocycles. The van der Waals surface area contributed by atoms with Gasteiger partial charge in [-0.25, -0.2) is 9.67 Å². The Labute approximate surface area is 117 Å². The van der Waals surface area contributed by atoms with Crippen molar-refractivity contribution in [1.29, 1.82) is 0 Å². The molecule has 3 aromatic rings. The molecule has 98 valence electrons. The van der Waals surface area contributed by atoms with Gasteiger partial charge in [0.05, 0.1) is 6.04 Å². The van der Waals surface area contributed by atoms with Gasteiger partial charge in [-0.2, -0.15) is 5.10 Å². The number of nitrogens with zero attached hydrogens (tertiary/aromatic N) is 3. The monoisotopic (exact) mass is 261 g/mol. The van der Waals surface area contributed by atoms with E-state index in [1.807, 2.05) is 36.4 Å². The molecule has 1 aromatic heterocycles. The topological polar surface area (TPSA) is 30.7 Å². The zero-order valence-corrected chi connectivity index (χ0v) is 11.1. The van der Waals surface area contributed by atoms with Crippen LogP contribution in [0, 0.1) is 0 Å². The van der Waals surface area contributed by atoms with Crippen molar-refractivity contribution in [1.82, 2.24) is 14.8 Å². The average molecular weight is 261 g/mol. The Morgan fingerprint density at radius 3 is 2.00 bits per heavy atom. The van der Waals surface area contributed by atoms with Crippen molar-refractivity contribution < 1.29 is 0 Å². The molecular formula is C17H15N3. The Hall–Kier alpha value is -2.42. The van der Waals surface area contributed by atoms with E-state index in [9.17, 15) is 0 Å². The number of aromatic nitrogens is 3. The lowest BCUT2D eigenvalue weighted by Crippen LogP contribution is -1.99. The van der Waals surface area contributed by atoms with Gasteiger partial charge < -0.3 is 0 Å². The summed E-state index contributed by atoms with van der Waals surface area (Å²) >= 11 is 0. The Balaban J connectivity index is 1.84. The summed E-state index contributed by atoms with van der Waals surface area (Å²) < 4.78 is 2.09. The van der Waals surface area contributed by atoms with Crippen molar-refractivity contribution in [2.24, 2.45) is 0 Å². The second kappa shape index (κ2) is 4.60. The molecule has 4 rings (SSSR count). The van der Waals surface area contributed by atoms with Gasteiger partial charge >= 0.3 is 0 Å². The van der Waals surface area contributed by atoms with Gasteiger partial charge in [0.2, 0.25) is 0 Å². The van der Waals surface area contributed by atoms with Crippen LogP contribution in [-0.2, 0) is 0 Å². The largest absolute Gasteiger partial charge is 0.242 e. The molecule has 0 aliphatic heterocycles. The molecule has 3 heteroatoms. The van der Waals surface area contributed by atoms with E-state index in [1.165, 1.54) is 12.8 Å². The minimum Gasteiger partial charge on any atom is -0.242 e. The molecule has 0 amide bonds. The highest BCUT2D eigenvalue weighted by molar-refractivity contribution is 5.61. The zero-order chi connectivity index (χ0) is 13.4. The van der Waals surface area contributed by atoms with Gasteiger partial charge in [0.15, 0.2) is 11.6 Å². The van der Waals surface area contributed by atoms with Gasteiger partial charge in [0.25, 0.3) is 0 Å². The Kier molecular flexibility index (Phi) is 2.62. The van der Waals surface area contributed by atoms with Crippen molar-refractivity contribution in [3.63, 3.8) is 0 Å². The Bertz CT molecular complexity index is 713. The molecule has 0 atom stereocenters. The van der Waals surface area contributed by atoms with Crippen LogP contribution >= 0.6 is 0 Å². The fourth-order valence-electron chi connectivity index (χ4n) is 2.39. The van der Waals surface area contributed by atoms with Crippen molar-refractivity contribution in [2.75, 3.05) is 0 Å². The van der Waals surface area contributed by atoms with E-state index in [0.717, 1.165) is 22.8 Å². The van der Waals surface area contributed by atoms with Gasteiger partial charge in [0, 0.05) is 11.1 Å². The standard InChI is InChI=1S/C17H15N3/c1-3-7-13(8-4-1)16-18-17(14-9-5-2-6-10-14)20(19-16)15-11-12-15/h1-10,15H,11-12H2. The van der Waals surface area contributed by atoms with E-state index in [-0.39, 0.29) is 0 Å². The predicted molar refractivity (Wildman–Crippen MR) is 79.2 cm³/mol. The number of benzene rings is 2. The molecule has 0 N–H and O–H groups in total. The van der Waals surface area contributed by atoms with Crippen LogP contribution in [0.25, 0.3) is 22.8 Å². The summed E-state index contributed by atoms with van der Waals surface area (Å²) in [5, 5.41) is 4.72. The Morgan fingerprint density at radius 1 is 0.800 bits per heavy atom. The first-order chi connectivity index (χ1) is 9.92. The summed E-state index contributed by atoms with van der Waals surface area (Å²) in [6.07, 6.45) is 2.41. The summed E-state index contributed by atoms with van der Waals surface area (Å²) in [5.41, 5.74) is 2.21. The lowest BCUT2D eigenvalue weighted by Gasteiger charge is -2.02. The third kappa shape index (κ3) is 2.01. The van der Waals surface area contributed by atoms with E-state index in [2.05, 4.69) is 28.9 Å². The third-order valence-corrected chi connectivity index (χ3v) is 3.59. The van der Waals surface area contributed by atoms with E-state index in [0.29, 0.717) is 6.04 Å². The van der Waals surface area contributed by atoms with Crippen LogP contribution in [0.1, 0.15) is 18.9 Å². The second-order valence-electron chi connectivity index (χ2n) is 5.17. The molecular weight excluding hydrogens is 246 g/mol. The van der Waals surface area contributed by atoms with Crippen molar-refractivity contribution in [3.8, 4) is 22.8 Å². The Morgan fingerprint density at radius 2 is 1.40 bits per heavy atom. The molecule has 0 saturated heterocycles. The molecule has 1 fully saturated rings. The van der Waals surface area contributed by atoms with Crippen LogP contribution in [0.4, 0.5) is 0 Å². The number of hydrogen-bond acceptors (Lipinski definition) is 2. The first-order valence-electron chi connectivity index (χ1n) is 6.99. The van der Waals surface area contributed by atoms with Crippen LogP contribution < -0.4 is 0 Å². The summed E-state index contributed by atoms with van der Waals surface area (Å²) in [6.45, 7) is 0. The fraction of sp³-hybridized carbons (Fsp3) is 0.176. The van der Waals surface area contributed by atoms with Gasteiger partial charge in [-0.3, -0.25) is 0 Å². The van der Waals surface area contributed by atoms with E-state index >= 15 is 0 Å². The fourth-order valence-corrected chi connectivity index (χ4v) is 2.39. The van der Waals surface area contributed by atoms with Crippen molar-refractivity contribution >= 4 is 0 Å². The molecule has 1 aliphatic rings. The molecule has 0 bridgehead atoms. The van der Waals surface area contributed by atoms with E-state index < -0.39 is 0 Å². The molecule has 0 radical (unpaired) electrons. The van der Waals surface area contributed by atoms with Crippen LogP contribution in [-0.4, -0.2) is 14.8 Å². The normalized spacial score (nSPS) is 14.4. The summed E-state index contributed by atoms with van der Waals surface area (Å²) in [4.78, 5) is 4.76. The van der Waals surface area contributed by atoms with E-state index in [4.69, 9.17) is 10.1 Å². The maximum absolute atomic E-state index is 4.76. The summed E-state index contributed by atoms with van der Waals surface area (Å²) in [6, 6.07) is 21.0. The average Bonchev–Trinajstić information content (AvgIpc) is 3.28. The van der Waals surface area contributed by atoms with Gasteiger partial charge in [0.1, 0.15) is 0 Å². The van der Waals surface area contributed by atoms with E-state index in [1.54, 1.807) is 0 Å². The quantitative estimate of drug-likeness (QED) is 0.714. The van der Waals surface area contributed by atoms with Crippen molar-refractivity contribution in [2.45, 2.75) is 18.9 Å². The highest BCUT2D eigenvalue weighted by Crippen LogP contribution is 2.38. The maximum atomic E-state index is 4.76. The molecule has 1 saturated carbocycles. The molecule has 1 aliphatic carbocycles. The highest BCUT2D eigenvalue weighted by Gasteiger charge is 2.28. The van der Waals surface area contributed by atoms with Crippen LogP contribution in [0.5, 0.6) is 0 Å². The van der Waals surface area contributed by atoms with Gasteiger partial charge in [-0.15, -0.1) is 0 Å². The minimum absolute atomic E-state index is 0.523. The summed E-state index contributed by atoms with van der Waals surface area (Å²) in [5.74, 6) is 1.79. The predicted octanol–water partition coefficient (Wildman–Crippen LogP) is 3.95. The van der Waals surface area contributed by atoms with Crippen LogP contribution in [0.15, 0.2) is 60.7 Å². The zero-order valence-electron chi connectivity index (χ0n) is 11.1. The lowest BCUT2D eigenvalue weighted by molar-refractivity contribution is 0.649. The molecule has 0 unspecified atom stereocenters. The van der Waals surface area contributed by atoms with Crippen LogP contribution in [0.3, 0.4) is 0 Å². The minimum atomic E-state index is 0.523. The smallest absolute Gasteiger partial charge is 0.181 e. The maximum Gasteiger partial charge on any atom is 0.181 e. The second-order valence-corrected chi connectivity index (χ2v) is 5.17. The first-order valence-corrected chi connectivity index (χ1v) is 6.99. The highest BCUT2D eigenvalue weighted by atomic mass is 15.4. The van der Waals surface area contributed by atoms with Crippen molar-refractivity contribution in [3.05, 3.63) is 60.7 Å². The number of rotatable bonds is 3. The number of hydrogen-bond donors (Lipinski definition) is 0. The van der Waals surface area contributed by atoms with Gasteiger partial charge in [-0.1, -0.05) is 60.7 Å². The molecule has 20 heavy (non-hydrogen) atoms. The van der Waals surface area contributed by atoms with Gasteiger partial charge in [-0.05, 0) is 12.8 Å².